The summed E-state index contributed by atoms with van der Waals surface area (Å²) in [4.78, 5) is 18.5. The lowest BCUT2D eigenvalue weighted by atomic mass is 9.89. The molecule has 0 aromatic carbocycles. The van der Waals surface area contributed by atoms with Gasteiger partial charge in [-0.25, -0.2) is 4.98 Å². The largest absolute Gasteiger partial charge is 0.359 e. The Morgan fingerprint density at radius 2 is 2.33 bits per heavy atom. The molecule has 1 unspecified atom stereocenters. The van der Waals surface area contributed by atoms with E-state index in [2.05, 4.69) is 37.2 Å². The van der Waals surface area contributed by atoms with Crippen molar-refractivity contribution in [3.63, 3.8) is 0 Å². The van der Waals surface area contributed by atoms with Gasteiger partial charge >= 0.3 is 0 Å². The summed E-state index contributed by atoms with van der Waals surface area (Å²) in [6.45, 7) is 5.59. The molecule has 0 radical (unpaired) electrons. The first-order chi connectivity index (χ1) is 8.46. The van der Waals surface area contributed by atoms with Gasteiger partial charge in [-0.1, -0.05) is 0 Å². The standard InChI is InChI=1S/C13H18BrN3O/c1-9-6-10(14)11(16-7-9)17-5-4-13(2,8-17)12(18)15-3/h6-7H,4-5,8H2,1-3H3,(H,15,18). The Morgan fingerprint density at radius 3 is 2.94 bits per heavy atom. The van der Waals surface area contributed by atoms with Gasteiger partial charge in [-0.2, -0.15) is 0 Å². The third kappa shape index (κ3) is 2.36. The van der Waals surface area contributed by atoms with E-state index in [-0.39, 0.29) is 11.3 Å². The Hall–Kier alpha value is -1.10. The first kappa shape index (κ1) is 13.3. The molecule has 4 nitrogen and oxygen atoms in total. The normalized spacial score (nSPS) is 23.2. The molecule has 1 fully saturated rings. The van der Waals surface area contributed by atoms with Gasteiger partial charge in [0.2, 0.25) is 5.91 Å². The molecule has 1 amide bonds. The molecule has 0 bridgehead atoms. The molecule has 1 aromatic heterocycles. The summed E-state index contributed by atoms with van der Waals surface area (Å²) in [5.41, 5.74) is 0.805. The van der Waals surface area contributed by atoms with Gasteiger partial charge in [0.1, 0.15) is 5.82 Å². The number of aryl methyl sites for hydroxylation is 1. The van der Waals surface area contributed by atoms with Gasteiger partial charge in [-0.05, 0) is 47.8 Å². The van der Waals surface area contributed by atoms with Crippen molar-refractivity contribution < 1.29 is 4.79 Å². The van der Waals surface area contributed by atoms with E-state index in [0.717, 1.165) is 28.8 Å². The van der Waals surface area contributed by atoms with Crippen LogP contribution in [-0.2, 0) is 4.79 Å². The first-order valence-electron chi connectivity index (χ1n) is 6.05. The number of halogens is 1. The van der Waals surface area contributed by atoms with E-state index >= 15 is 0 Å². The topological polar surface area (TPSA) is 45.2 Å². The average Bonchev–Trinajstić information content (AvgIpc) is 2.72. The molecule has 5 heteroatoms. The summed E-state index contributed by atoms with van der Waals surface area (Å²) in [5, 5.41) is 2.75. The monoisotopic (exact) mass is 311 g/mol. The molecule has 1 aliphatic rings. The van der Waals surface area contributed by atoms with Gasteiger partial charge in [0, 0.05) is 26.3 Å². The van der Waals surface area contributed by atoms with Gasteiger partial charge < -0.3 is 10.2 Å². The smallest absolute Gasteiger partial charge is 0.227 e. The van der Waals surface area contributed by atoms with Crippen molar-refractivity contribution in [1.82, 2.24) is 10.3 Å². The number of hydrogen-bond acceptors (Lipinski definition) is 3. The SMILES string of the molecule is CNC(=O)C1(C)CCN(c2ncc(C)cc2Br)C1. The van der Waals surface area contributed by atoms with Crippen molar-refractivity contribution in [2.45, 2.75) is 20.3 Å². The van der Waals surface area contributed by atoms with E-state index in [4.69, 9.17) is 0 Å². The van der Waals surface area contributed by atoms with E-state index in [9.17, 15) is 4.79 Å². The minimum atomic E-state index is -0.319. The van der Waals surface area contributed by atoms with Crippen molar-refractivity contribution >= 4 is 27.7 Å². The summed E-state index contributed by atoms with van der Waals surface area (Å²) < 4.78 is 0.989. The van der Waals surface area contributed by atoms with Gasteiger partial charge in [0.25, 0.3) is 0 Å². The van der Waals surface area contributed by atoms with Gasteiger partial charge in [0.05, 0.1) is 9.89 Å². The number of aromatic nitrogens is 1. The molecule has 1 saturated heterocycles. The second-order valence-corrected chi connectivity index (χ2v) is 5.98. The van der Waals surface area contributed by atoms with E-state index in [1.54, 1.807) is 7.05 Å². The third-order valence-corrected chi connectivity index (χ3v) is 4.09. The molecule has 0 spiro atoms. The number of hydrogen-bond donors (Lipinski definition) is 1. The number of amides is 1. The Labute approximate surface area is 116 Å². The maximum absolute atomic E-state index is 11.9. The summed E-state index contributed by atoms with van der Waals surface area (Å²) in [6, 6.07) is 2.05. The second-order valence-electron chi connectivity index (χ2n) is 5.13. The Morgan fingerprint density at radius 1 is 1.61 bits per heavy atom. The molecule has 1 aromatic rings. The fourth-order valence-corrected chi connectivity index (χ4v) is 3.10. The molecule has 1 aliphatic heterocycles. The number of nitrogens with zero attached hydrogens (tertiary/aromatic N) is 2. The molecule has 18 heavy (non-hydrogen) atoms. The summed E-state index contributed by atoms with van der Waals surface area (Å²) in [7, 11) is 1.69. The lowest BCUT2D eigenvalue weighted by Crippen LogP contribution is -2.39. The van der Waals surface area contributed by atoms with Crippen LogP contribution >= 0.6 is 15.9 Å². The maximum Gasteiger partial charge on any atom is 0.227 e. The van der Waals surface area contributed by atoms with Crippen LogP contribution in [0.4, 0.5) is 5.82 Å². The van der Waals surface area contributed by atoms with Crippen LogP contribution in [0.5, 0.6) is 0 Å². The predicted octanol–water partition coefficient (Wildman–Crippen LogP) is 2.11. The second kappa shape index (κ2) is 4.88. The number of nitrogens with one attached hydrogen (secondary N) is 1. The van der Waals surface area contributed by atoms with Crippen molar-refractivity contribution in [3.05, 3.63) is 22.3 Å². The van der Waals surface area contributed by atoms with Crippen molar-refractivity contribution in [3.8, 4) is 0 Å². The van der Waals surface area contributed by atoms with Gasteiger partial charge in [0.15, 0.2) is 0 Å². The zero-order chi connectivity index (χ0) is 13.3. The predicted molar refractivity (Wildman–Crippen MR) is 75.7 cm³/mol. The van der Waals surface area contributed by atoms with E-state index in [1.165, 1.54) is 0 Å². The van der Waals surface area contributed by atoms with Crippen LogP contribution in [0, 0.1) is 12.3 Å². The van der Waals surface area contributed by atoms with Crippen LogP contribution in [0.2, 0.25) is 0 Å². The lowest BCUT2D eigenvalue weighted by Gasteiger charge is -2.23. The first-order valence-corrected chi connectivity index (χ1v) is 6.85. The fourth-order valence-electron chi connectivity index (χ4n) is 2.39. The zero-order valence-electron chi connectivity index (χ0n) is 11.0. The molecule has 1 N–H and O–H groups in total. The minimum Gasteiger partial charge on any atom is -0.359 e. The summed E-state index contributed by atoms with van der Waals surface area (Å²) in [6.07, 6.45) is 2.71. The highest BCUT2D eigenvalue weighted by Crippen LogP contribution is 2.35. The number of carbonyl (C=O) groups excluding carboxylic acids is 1. The van der Waals surface area contributed by atoms with E-state index < -0.39 is 0 Å². The molecule has 0 aliphatic carbocycles. The Bertz CT molecular complexity index is 477. The number of anilines is 1. The average molecular weight is 312 g/mol. The number of rotatable bonds is 2. The number of carbonyl (C=O) groups is 1. The van der Waals surface area contributed by atoms with Crippen LogP contribution in [0.3, 0.4) is 0 Å². The van der Waals surface area contributed by atoms with Crippen LogP contribution in [-0.4, -0.2) is 31.0 Å². The third-order valence-electron chi connectivity index (χ3n) is 3.51. The zero-order valence-corrected chi connectivity index (χ0v) is 12.5. The number of pyridine rings is 1. The van der Waals surface area contributed by atoms with Crippen LogP contribution in [0.15, 0.2) is 16.7 Å². The van der Waals surface area contributed by atoms with Crippen LogP contribution < -0.4 is 10.2 Å². The molecule has 98 valence electrons. The maximum atomic E-state index is 11.9. The molecule has 2 rings (SSSR count). The minimum absolute atomic E-state index is 0.105. The summed E-state index contributed by atoms with van der Waals surface area (Å²) in [5.74, 6) is 1.03. The lowest BCUT2D eigenvalue weighted by molar-refractivity contribution is -0.128. The fraction of sp³-hybridized carbons (Fsp3) is 0.538. The quantitative estimate of drug-likeness (QED) is 0.910. The van der Waals surface area contributed by atoms with Crippen molar-refractivity contribution in [1.29, 1.82) is 0 Å². The van der Waals surface area contributed by atoms with Gasteiger partial charge in [-0.15, -0.1) is 0 Å². The van der Waals surface area contributed by atoms with Crippen LogP contribution in [0.25, 0.3) is 0 Å². The highest BCUT2D eigenvalue weighted by atomic mass is 79.9. The highest BCUT2D eigenvalue weighted by Gasteiger charge is 2.40. The summed E-state index contributed by atoms with van der Waals surface area (Å²) >= 11 is 3.54. The van der Waals surface area contributed by atoms with Crippen molar-refractivity contribution in [2.75, 3.05) is 25.0 Å². The molecular formula is C13H18BrN3O. The molecule has 0 saturated carbocycles. The van der Waals surface area contributed by atoms with Gasteiger partial charge in [-0.3, -0.25) is 4.79 Å². The molecule has 2 heterocycles. The Kier molecular flexibility index (Phi) is 3.61. The van der Waals surface area contributed by atoms with E-state index in [1.807, 2.05) is 20.0 Å². The molecular weight excluding hydrogens is 294 g/mol. The highest BCUT2D eigenvalue weighted by molar-refractivity contribution is 9.10. The van der Waals surface area contributed by atoms with Crippen molar-refractivity contribution in [2.24, 2.45) is 5.41 Å². The molecule has 1 atom stereocenters. The van der Waals surface area contributed by atoms with Crippen LogP contribution in [0.1, 0.15) is 18.9 Å². The Balaban J connectivity index is 2.20. The van der Waals surface area contributed by atoms with E-state index in [0.29, 0.717) is 6.54 Å².